The van der Waals surface area contributed by atoms with Crippen LogP contribution in [0.15, 0.2) is 0 Å². The standard InChI is InChI=1S/C9H16ClNO4S/c1-8(2,15-4)6-9(3)5-7(12)11(9)16(10,13)14/h5-6H2,1-4H3. The van der Waals surface area contributed by atoms with Gasteiger partial charge in [-0.3, -0.25) is 4.79 Å². The fraction of sp³-hybridized carbons (Fsp3) is 0.889. The van der Waals surface area contributed by atoms with Gasteiger partial charge < -0.3 is 4.74 Å². The van der Waals surface area contributed by atoms with Gasteiger partial charge in [-0.05, 0) is 20.8 Å². The van der Waals surface area contributed by atoms with E-state index < -0.39 is 26.3 Å². The lowest BCUT2D eigenvalue weighted by Gasteiger charge is -2.49. The van der Waals surface area contributed by atoms with Gasteiger partial charge in [0, 0.05) is 24.2 Å². The largest absolute Gasteiger partial charge is 0.379 e. The highest BCUT2D eigenvalue weighted by Gasteiger charge is 2.55. The van der Waals surface area contributed by atoms with Crippen LogP contribution in [0.4, 0.5) is 0 Å². The number of methoxy groups -OCH3 is 1. The zero-order valence-corrected chi connectivity index (χ0v) is 11.4. The summed E-state index contributed by atoms with van der Waals surface area (Å²) in [4.78, 5) is 11.3. The third-order valence-corrected chi connectivity index (χ3v) is 4.32. The van der Waals surface area contributed by atoms with Crippen molar-refractivity contribution in [1.29, 1.82) is 0 Å². The van der Waals surface area contributed by atoms with Crippen LogP contribution in [0, 0.1) is 0 Å². The predicted molar refractivity (Wildman–Crippen MR) is 60.3 cm³/mol. The molecular formula is C9H16ClNO4S. The van der Waals surface area contributed by atoms with Crippen molar-refractivity contribution < 1.29 is 17.9 Å². The molecule has 0 bridgehead atoms. The summed E-state index contributed by atoms with van der Waals surface area (Å²) in [5.74, 6) is -0.468. The minimum absolute atomic E-state index is 0.172. The molecule has 1 aliphatic heterocycles. The highest BCUT2D eigenvalue weighted by molar-refractivity contribution is 8.12. The Morgan fingerprint density at radius 2 is 2.06 bits per heavy atom. The van der Waals surface area contributed by atoms with Crippen LogP contribution in [0.5, 0.6) is 0 Å². The number of carbonyl (C=O) groups excluding carboxylic acids is 1. The van der Waals surface area contributed by atoms with Gasteiger partial charge in [-0.15, -0.1) is 0 Å². The maximum atomic E-state index is 11.3. The Morgan fingerprint density at radius 3 is 2.38 bits per heavy atom. The van der Waals surface area contributed by atoms with E-state index in [-0.39, 0.29) is 6.42 Å². The van der Waals surface area contributed by atoms with Gasteiger partial charge >= 0.3 is 9.24 Å². The van der Waals surface area contributed by atoms with E-state index in [0.717, 1.165) is 4.31 Å². The second-order valence-electron chi connectivity index (χ2n) is 4.91. The van der Waals surface area contributed by atoms with Crippen LogP contribution in [0.25, 0.3) is 0 Å². The lowest BCUT2D eigenvalue weighted by atomic mass is 9.80. The molecule has 7 heteroatoms. The fourth-order valence-electron chi connectivity index (χ4n) is 2.19. The number of nitrogens with zero attached hydrogens (tertiary/aromatic N) is 1. The molecular weight excluding hydrogens is 254 g/mol. The molecule has 1 unspecified atom stereocenters. The predicted octanol–water partition coefficient (Wildman–Crippen LogP) is 1.28. The van der Waals surface area contributed by atoms with E-state index in [1.54, 1.807) is 14.0 Å². The zero-order valence-electron chi connectivity index (χ0n) is 9.78. The van der Waals surface area contributed by atoms with Crippen molar-refractivity contribution in [3.63, 3.8) is 0 Å². The second-order valence-corrected chi connectivity index (χ2v) is 7.27. The molecule has 1 amide bonds. The SMILES string of the molecule is COC(C)(C)CC1(C)CC(=O)N1S(=O)(=O)Cl. The Hall–Kier alpha value is -0.330. The first-order valence-corrected chi connectivity index (χ1v) is 7.11. The van der Waals surface area contributed by atoms with Crippen LogP contribution in [-0.4, -0.2) is 36.9 Å². The minimum Gasteiger partial charge on any atom is -0.379 e. The number of hydrogen-bond acceptors (Lipinski definition) is 4. The van der Waals surface area contributed by atoms with Crippen LogP contribution in [-0.2, 0) is 18.8 Å². The van der Waals surface area contributed by atoms with E-state index in [1.807, 2.05) is 13.8 Å². The molecule has 0 aromatic carbocycles. The Balaban J connectivity index is 2.92. The Morgan fingerprint density at radius 1 is 1.56 bits per heavy atom. The Bertz CT molecular complexity index is 406. The van der Waals surface area contributed by atoms with Gasteiger partial charge in [0.15, 0.2) is 0 Å². The maximum absolute atomic E-state index is 11.3. The van der Waals surface area contributed by atoms with Crippen molar-refractivity contribution in [2.45, 2.75) is 44.8 Å². The lowest BCUT2D eigenvalue weighted by Crippen LogP contribution is -2.64. The summed E-state index contributed by atoms with van der Waals surface area (Å²) < 4.78 is 28.5. The zero-order chi connectivity index (χ0) is 12.8. The first kappa shape index (κ1) is 13.7. The molecule has 0 aromatic rings. The molecule has 5 nitrogen and oxygen atoms in total. The van der Waals surface area contributed by atoms with Gasteiger partial charge in [-0.1, -0.05) is 0 Å². The molecule has 0 saturated carbocycles. The molecule has 0 N–H and O–H groups in total. The summed E-state index contributed by atoms with van der Waals surface area (Å²) in [5.41, 5.74) is -1.29. The molecule has 0 aromatic heterocycles. The number of halogens is 1. The monoisotopic (exact) mass is 269 g/mol. The highest BCUT2D eigenvalue weighted by Crippen LogP contribution is 2.42. The average molecular weight is 270 g/mol. The van der Waals surface area contributed by atoms with Crippen molar-refractivity contribution in [2.24, 2.45) is 0 Å². The van der Waals surface area contributed by atoms with Crippen molar-refractivity contribution in [3.8, 4) is 0 Å². The number of ether oxygens (including phenoxy) is 1. The van der Waals surface area contributed by atoms with Gasteiger partial charge in [-0.2, -0.15) is 8.42 Å². The van der Waals surface area contributed by atoms with E-state index >= 15 is 0 Å². The van der Waals surface area contributed by atoms with E-state index in [1.165, 1.54) is 0 Å². The maximum Gasteiger partial charge on any atom is 0.324 e. The third-order valence-electron chi connectivity index (χ3n) is 2.83. The number of carbonyl (C=O) groups is 1. The van der Waals surface area contributed by atoms with Gasteiger partial charge in [0.25, 0.3) is 0 Å². The molecule has 1 aliphatic rings. The van der Waals surface area contributed by atoms with E-state index in [9.17, 15) is 13.2 Å². The topological polar surface area (TPSA) is 63.7 Å². The molecule has 1 rings (SSSR count). The number of rotatable bonds is 4. The summed E-state index contributed by atoms with van der Waals surface area (Å²) in [6.45, 7) is 5.36. The second kappa shape index (κ2) is 3.85. The Labute approximate surface area is 100 Å². The minimum atomic E-state index is -4.00. The summed E-state index contributed by atoms with van der Waals surface area (Å²) in [6, 6.07) is 0. The molecule has 94 valence electrons. The molecule has 1 atom stereocenters. The smallest absolute Gasteiger partial charge is 0.324 e. The van der Waals surface area contributed by atoms with E-state index in [0.29, 0.717) is 6.42 Å². The van der Waals surface area contributed by atoms with Crippen LogP contribution < -0.4 is 0 Å². The molecule has 0 spiro atoms. The van der Waals surface area contributed by atoms with Crippen molar-refractivity contribution >= 4 is 25.8 Å². The average Bonchev–Trinajstić information content (AvgIpc) is 1.98. The van der Waals surface area contributed by atoms with E-state index in [4.69, 9.17) is 15.4 Å². The fourth-order valence-corrected chi connectivity index (χ4v) is 3.88. The van der Waals surface area contributed by atoms with Crippen molar-refractivity contribution in [2.75, 3.05) is 7.11 Å². The van der Waals surface area contributed by atoms with Crippen LogP contribution >= 0.6 is 10.7 Å². The van der Waals surface area contributed by atoms with Crippen LogP contribution in [0.2, 0.25) is 0 Å². The lowest BCUT2D eigenvalue weighted by molar-refractivity contribution is -0.148. The number of hydrogen-bond donors (Lipinski definition) is 0. The van der Waals surface area contributed by atoms with E-state index in [2.05, 4.69) is 0 Å². The molecule has 16 heavy (non-hydrogen) atoms. The summed E-state index contributed by atoms with van der Waals surface area (Å²) >= 11 is 0. The molecule has 0 radical (unpaired) electrons. The quantitative estimate of drug-likeness (QED) is 0.570. The van der Waals surface area contributed by atoms with Crippen molar-refractivity contribution in [3.05, 3.63) is 0 Å². The summed E-state index contributed by atoms with van der Waals surface area (Å²) in [7, 11) is 2.76. The molecule has 1 fully saturated rings. The van der Waals surface area contributed by atoms with Gasteiger partial charge in [0.05, 0.1) is 17.6 Å². The Kier molecular flexibility index (Phi) is 3.31. The third kappa shape index (κ3) is 2.49. The highest BCUT2D eigenvalue weighted by atomic mass is 35.7. The van der Waals surface area contributed by atoms with Crippen molar-refractivity contribution in [1.82, 2.24) is 4.31 Å². The first-order chi connectivity index (χ1) is 7.02. The summed E-state index contributed by atoms with van der Waals surface area (Å²) in [6.07, 6.45) is 0.583. The summed E-state index contributed by atoms with van der Waals surface area (Å²) in [5, 5.41) is 0. The van der Waals surface area contributed by atoms with Crippen LogP contribution in [0.3, 0.4) is 0 Å². The molecule has 1 heterocycles. The molecule has 1 saturated heterocycles. The number of β-lactam (4-membered cyclic amide) rings is 1. The first-order valence-electron chi connectivity index (χ1n) is 4.85. The normalized spacial score (nSPS) is 26.8. The van der Waals surface area contributed by atoms with Gasteiger partial charge in [0.1, 0.15) is 0 Å². The van der Waals surface area contributed by atoms with Gasteiger partial charge in [0.2, 0.25) is 5.91 Å². The van der Waals surface area contributed by atoms with Gasteiger partial charge in [-0.25, -0.2) is 4.31 Å². The molecule has 0 aliphatic carbocycles. The number of amides is 1. The van der Waals surface area contributed by atoms with Crippen LogP contribution in [0.1, 0.15) is 33.6 Å².